The van der Waals surface area contributed by atoms with Gasteiger partial charge in [-0.25, -0.2) is 4.79 Å². The molecule has 2 aromatic carbocycles. The second kappa shape index (κ2) is 7.17. The molecule has 3 aromatic rings. The van der Waals surface area contributed by atoms with Crippen molar-refractivity contribution in [3.05, 3.63) is 58.2 Å². The van der Waals surface area contributed by atoms with Crippen LogP contribution in [-0.2, 0) is 6.42 Å². The first-order chi connectivity index (χ1) is 11.1. The normalized spacial score (nSPS) is 10.7. The largest absolute Gasteiger partial charge is 0.338 e. The number of halogens is 2. The van der Waals surface area contributed by atoms with Crippen LogP contribution in [0.5, 0.6) is 0 Å². The minimum Gasteiger partial charge on any atom is -0.338 e. The van der Waals surface area contributed by atoms with Gasteiger partial charge in [0, 0.05) is 33.9 Å². The third-order valence-corrected chi connectivity index (χ3v) is 4.81. The number of carbonyl (C=O) groups excluding carboxylic acids is 1. The molecule has 118 valence electrons. The average molecular weight is 366 g/mol. The summed E-state index contributed by atoms with van der Waals surface area (Å²) in [5.74, 6) is 0. The number of aromatic nitrogens is 1. The standard InChI is InChI=1S/C16H13Cl2N3OS/c17-13-2-1-3-14(18)12(13)6-7-19-16(22)21-11-5-4-10-9-20-23-15(10)8-11/h1-5,8-9H,6-7H2,(H2,19,21,22). The van der Waals surface area contributed by atoms with E-state index in [4.69, 9.17) is 23.2 Å². The number of amides is 2. The molecule has 0 radical (unpaired) electrons. The van der Waals surface area contributed by atoms with Crippen LogP contribution in [0.25, 0.3) is 10.1 Å². The number of benzene rings is 2. The number of hydrogen-bond acceptors (Lipinski definition) is 3. The number of fused-ring (bicyclic) bond motifs is 1. The van der Waals surface area contributed by atoms with Crippen LogP contribution in [0, 0.1) is 0 Å². The van der Waals surface area contributed by atoms with Gasteiger partial charge in [-0.3, -0.25) is 0 Å². The summed E-state index contributed by atoms with van der Waals surface area (Å²) in [4.78, 5) is 11.9. The Bertz CT molecular complexity index is 830. The molecule has 0 spiro atoms. The quantitative estimate of drug-likeness (QED) is 0.685. The fourth-order valence-corrected chi connectivity index (χ4v) is 3.46. The van der Waals surface area contributed by atoms with Crippen LogP contribution < -0.4 is 10.6 Å². The summed E-state index contributed by atoms with van der Waals surface area (Å²) in [5, 5.41) is 7.88. The summed E-state index contributed by atoms with van der Waals surface area (Å²) in [7, 11) is 0. The molecule has 1 heterocycles. The minimum atomic E-state index is -0.267. The van der Waals surface area contributed by atoms with Gasteiger partial charge in [-0.2, -0.15) is 4.37 Å². The highest BCUT2D eigenvalue weighted by atomic mass is 35.5. The molecule has 1 aromatic heterocycles. The van der Waals surface area contributed by atoms with Gasteiger partial charge in [-0.1, -0.05) is 29.3 Å². The molecular weight excluding hydrogens is 353 g/mol. The number of hydrogen-bond donors (Lipinski definition) is 2. The van der Waals surface area contributed by atoms with Crippen molar-refractivity contribution in [2.75, 3.05) is 11.9 Å². The Balaban J connectivity index is 1.55. The Morgan fingerprint density at radius 3 is 2.74 bits per heavy atom. The highest BCUT2D eigenvalue weighted by Crippen LogP contribution is 2.24. The minimum absolute atomic E-state index is 0.267. The van der Waals surface area contributed by atoms with Crippen molar-refractivity contribution in [2.24, 2.45) is 0 Å². The third-order valence-electron chi connectivity index (χ3n) is 3.34. The summed E-state index contributed by atoms with van der Waals surface area (Å²) in [6.07, 6.45) is 2.37. The van der Waals surface area contributed by atoms with E-state index in [1.807, 2.05) is 18.2 Å². The summed E-state index contributed by atoms with van der Waals surface area (Å²) < 4.78 is 5.14. The molecule has 4 nitrogen and oxygen atoms in total. The first kappa shape index (κ1) is 16.1. The van der Waals surface area contributed by atoms with Crippen LogP contribution >= 0.6 is 34.7 Å². The lowest BCUT2D eigenvalue weighted by Crippen LogP contribution is -2.30. The number of carbonyl (C=O) groups is 1. The molecule has 0 atom stereocenters. The van der Waals surface area contributed by atoms with Crippen LogP contribution in [0.4, 0.5) is 10.5 Å². The van der Waals surface area contributed by atoms with Crippen molar-refractivity contribution in [1.29, 1.82) is 0 Å². The number of urea groups is 1. The van der Waals surface area contributed by atoms with E-state index >= 15 is 0 Å². The molecule has 0 fully saturated rings. The molecule has 23 heavy (non-hydrogen) atoms. The van der Waals surface area contributed by atoms with Gasteiger partial charge in [-0.15, -0.1) is 0 Å². The van der Waals surface area contributed by atoms with Gasteiger partial charge in [0.25, 0.3) is 0 Å². The van der Waals surface area contributed by atoms with Crippen molar-refractivity contribution >= 4 is 56.5 Å². The van der Waals surface area contributed by atoms with Crippen molar-refractivity contribution in [2.45, 2.75) is 6.42 Å². The summed E-state index contributed by atoms with van der Waals surface area (Å²) >= 11 is 13.6. The zero-order valence-electron chi connectivity index (χ0n) is 12.0. The highest BCUT2D eigenvalue weighted by Gasteiger charge is 2.07. The molecule has 0 unspecified atom stereocenters. The van der Waals surface area contributed by atoms with Gasteiger partial charge in [-0.05, 0) is 53.8 Å². The van der Waals surface area contributed by atoms with Gasteiger partial charge in [0.05, 0.1) is 4.70 Å². The van der Waals surface area contributed by atoms with E-state index in [-0.39, 0.29) is 6.03 Å². The van der Waals surface area contributed by atoms with E-state index in [0.717, 1.165) is 21.3 Å². The maximum atomic E-state index is 11.9. The van der Waals surface area contributed by atoms with Crippen molar-refractivity contribution in [3.8, 4) is 0 Å². The Labute approximate surface area is 147 Å². The first-order valence-electron chi connectivity index (χ1n) is 6.95. The monoisotopic (exact) mass is 365 g/mol. The Kier molecular flexibility index (Phi) is 5.00. The van der Waals surface area contributed by atoms with Gasteiger partial charge in [0.15, 0.2) is 0 Å². The Hall–Kier alpha value is -1.82. The molecule has 0 aliphatic heterocycles. The smallest absolute Gasteiger partial charge is 0.319 e. The van der Waals surface area contributed by atoms with Crippen molar-refractivity contribution in [3.63, 3.8) is 0 Å². The second-order valence-electron chi connectivity index (χ2n) is 4.91. The van der Waals surface area contributed by atoms with E-state index in [0.29, 0.717) is 23.0 Å². The maximum absolute atomic E-state index is 11.9. The van der Waals surface area contributed by atoms with E-state index in [1.165, 1.54) is 11.5 Å². The molecule has 3 rings (SSSR count). The number of anilines is 1. The summed E-state index contributed by atoms with van der Waals surface area (Å²) in [6.45, 7) is 0.443. The highest BCUT2D eigenvalue weighted by molar-refractivity contribution is 7.13. The lowest BCUT2D eigenvalue weighted by molar-refractivity contribution is 0.252. The second-order valence-corrected chi connectivity index (χ2v) is 6.56. The summed E-state index contributed by atoms with van der Waals surface area (Å²) in [6, 6.07) is 10.8. The van der Waals surface area contributed by atoms with Crippen LogP contribution in [0.1, 0.15) is 5.56 Å². The first-order valence-corrected chi connectivity index (χ1v) is 8.48. The third kappa shape index (κ3) is 3.93. The fourth-order valence-electron chi connectivity index (χ4n) is 2.19. The van der Waals surface area contributed by atoms with Crippen LogP contribution in [-0.4, -0.2) is 16.9 Å². The van der Waals surface area contributed by atoms with Gasteiger partial charge < -0.3 is 10.6 Å². The number of nitrogens with one attached hydrogen (secondary N) is 2. The lowest BCUT2D eigenvalue weighted by Gasteiger charge is -2.09. The molecule has 2 amide bonds. The topological polar surface area (TPSA) is 54.0 Å². The molecule has 0 aliphatic carbocycles. The average Bonchev–Trinajstić information content (AvgIpc) is 2.98. The zero-order chi connectivity index (χ0) is 16.2. The van der Waals surface area contributed by atoms with Gasteiger partial charge >= 0.3 is 6.03 Å². The summed E-state index contributed by atoms with van der Waals surface area (Å²) in [5.41, 5.74) is 1.57. The SMILES string of the molecule is O=C(NCCc1c(Cl)cccc1Cl)Nc1ccc2cnsc2c1. The molecule has 0 aliphatic rings. The fraction of sp³-hybridized carbons (Fsp3) is 0.125. The van der Waals surface area contributed by atoms with Gasteiger partial charge in [0.2, 0.25) is 0 Å². The van der Waals surface area contributed by atoms with Crippen molar-refractivity contribution < 1.29 is 4.79 Å². The molecule has 7 heteroatoms. The van der Waals surface area contributed by atoms with E-state index in [1.54, 1.807) is 24.4 Å². The van der Waals surface area contributed by atoms with Gasteiger partial charge in [0.1, 0.15) is 0 Å². The maximum Gasteiger partial charge on any atom is 0.319 e. The van der Waals surface area contributed by atoms with E-state index in [2.05, 4.69) is 15.0 Å². The molecule has 0 saturated heterocycles. The zero-order valence-corrected chi connectivity index (χ0v) is 14.3. The molecule has 0 bridgehead atoms. The molecule has 2 N–H and O–H groups in total. The van der Waals surface area contributed by atoms with E-state index in [9.17, 15) is 4.79 Å². The van der Waals surface area contributed by atoms with Crippen LogP contribution in [0.3, 0.4) is 0 Å². The number of rotatable bonds is 4. The lowest BCUT2D eigenvalue weighted by atomic mass is 10.1. The predicted molar refractivity (Wildman–Crippen MR) is 96.8 cm³/mol. The van der Waals surface area contributed by atoms with Crippen molar-refractivity contribution in [1.82, 2.24) is 9.69 Å². The number of nitrogens with zero attached hydrogens (tertiary/aromatic N) is 1. The Morgan fingerprint density at radius 2 is 1.96 bits per heavy atom. The van der Waals surface area contributed by atoms with Crippen LogP contribution in [0.2, 0.25) is 10.0 Å². The molecule has 0 saturated carbocycles. The van der Waals surface area contributed by atoms with E-state index < -0.39 is 0 Å². The molecular formula is C16H13Cl2N3OS. The van der Waals surface area contributed by atoms with Crippen LogP contribution in [0.15, 0.2) is 42.6 Å². The Morgan fingerprint density at radius 1 is 1.17 bits per heavy atom. The predicted octanol–water partition coefficient (Wildman–Crippen LogP) is 4.97.